The predicted molar refractivity (Wildman–Crippen MR) is 145 cm³/mol. The molecule has 0 bridgehead atoms. The maximum atomic E-state index is 14.1. The van der Waals surface area contributed by atoms with Crippen LogP contribution in [0, 0.1) is 5.92 Å². The van der Waals surface area contributed by atoms with E-state index in [2.05, 4.69) is 11.4 Å². The molecule has 3 aromatic rings. The molecule has 0 spiro atoms. The quantitative estimate of drug-likeness (QED) is 0.436. The molecule has 3 aromatic carbocycles. The number of rotatable bonds is 6. The average molecular weight is 497 g/mol. The number of ether oxygens (including phenoxy) is 2. The molecule has 1 amide bonds. The molecule has 1 aliphatic heterocycles. The van der Waals surface area contributed by atoms with E-state index >= 15 is 0 Å². The lowest BCUT2D eigenvalue weighted by Gasteiger charge is -2.38. The summed E-state index contributed by atoms with van der Waals surface area (Å²) in [5, 5.41) is 3.56. The lowest BCUT2D eigenvalue weighted by atomic mass is 9.76. The van der Waals surface area contributed by atoms with Crippen LogP contribution in [0.3, 0.4) is 0 Å². The van der Waals surface area contributed by atoms with Crippen LogP contribution in [0.25, 0.3) is 0 Å². The largest absolute Gasteiger partial charge is 0.497 e. The molecular formula is C31H32N2O4. The number of benzene rings is 3. The van der Waals surface area contributed by atoms with Crippen LogP contribution in [0.2, 0.25) is 0 Å². The van der Waals surface area contributed by atoms with Crippen molar-refractivity contribution in [3.63, 3.8) is 0 Å². The van der Waals surface area contributed by atoms with Gasteiger partial charge in [0.1, 0.15) is 17.3 Å². The van der Waals surface area contributed by atoms with Crippen LogP contribution in [-0.2, 0) is 9.59 Å². The van der Waals surface area contributed by atoms with Gasteiger partial charge in [-0.15, -0.1) is 0 Å². The van der Waals surface area contributed by atoms with Crippen molar-refractivity contribution >= 4 is 23.1 Å². The van der Waals surface area contributed by atoms with E-state index in [4.69, 9.17) is 9.47 Å². The molecule has 0 saturated heterocycles. The zero-order chi connectivity index (χ0) is 25.9. The molecule has 3 unspecified atom stereocenters. The van der Waals surface area contributed by atoms with Crippen LogP contribution in [0.1, 0.15) is 49.8 Å². The molecule has 2 aliphatic rings. The Morgan fingerprint density at radius 1 is 1.00 bits per heavy atom. The van der Waals surface area contributed by atoms with Crippen LogP contribution in [-0.4, -0.2) is 25.4 Å². The second kappa shape index (κ2) is 10.5. The first kappa shape index (κ1) is 24.6. The SMILES string of the molecule is CCOc1ccccc1C1C2C(=O)CC(c3ccc(OC)cc3)C=C2Nc2ccccc2N1C(=O)CC. The summed E-state index contributed by atoms with van der Waals surface area (Å²) in [4.78, 5) is 29.4. The molecule has 1 heterocycles. The number of hydrogen-bond donors (Lipinski definition) is 1. The summed E-state index contributed by atoms with van der Waals surface area (Å²) in [7, 11) is 1.64. The Bertz CT molecular complexity index is 1330. The first-order chi connectivity index (χ1) is 18.0. The minimum Gasteiger partial charge on any atom is -0.497 e. The Kier molecular flexibility index (Phi) is 6.99. The maximum absolute atomic E-state index is 14.1. The van der Waals surface area contributed by atoms with Crippen molar-refractivity contribution in [2.75, 3.05) is 23.9 Å². The number of ketones is 1. The minimum atomic E-state index is -0.556. The number of amides is 1. The van der Waals surface area contributed by atoms with Crippen molar-refractivity contribution in [1.82, 2.24) is 0 Å². The highest BCUT2D eigenvalue weighted by molar-refractivity contribution is 6.01. The molecular weight excluding hydrogens is 464 g/mol. The van der Waals surface area contributed by atoms with E-state index < -0.39 is 12.0 Å². The summed E-state index contributed by atoms with van der Waals surface area (Å²) >= 11 is 0. The standard InChI is InChI=1S/C31H32N2O4/c1-4-29(35)33-26-12-8-7-11-24(26)32-25-18-21(20-14-16-22(36-3)17-15-20)19-27(34)30(25)31(33)23-10-6-9-13-28(23)37-5-2/h6-18,21,30-32H,4-5,19H2,1-3H3. The van der Waals surface area contributed by atoms with E-state index in [1.807, 2.05) is 86.6 Å². The molecule has 3 atom stereocenters. The van der Waals surface area contributed by atoms with Gasteiger partial charge in [0, 0.05) is 30.0 Å². The number of nitrogens with one attached hydrogen (secondary N) is 1. The van der Waals surface area contributed by atoms with Crippen molar-refractivity contribution in [3.05, 3.63) is 95.7 Å². The number of para-hydroxylation sites is 3. The number of nitrogens with zero attached hydrogens (tertiary/aromatic N) is 1. The predicted octanol–water partition coefficient (Wildman–Crippen LogP) is 6.26. The third kappa shape index (κ3) is 4.59. The first-order valence-electron chi connectivity index (χ1n) is 12.8. The van der Waals surface area contributed by atoms with Crippen LogP contribution in [0.5, 0.6) is 11.5 Å². The van der Waals surface area contributed by atoms with Gasteiger partial charge in [-0.05, 0) is 42.8 Å². The lowest BCUT2D eigenvalue weighted by molar-refractivity contribution is -0.123. The van der Waals surface area contributed by atoms with Gasteiger partial charge in [-0.3, -0.25) is 9.59 Å². The Labute approximate surface area is 217 Å². The molecule has 5 rings (SSSR count). The Balaban J connectivity index is 1.71. The topological polar surface area (TPSA) is 67.9 Å². The van der Waals surface area contributed by atoms with Gasteiger partial charge < -0.3 is 19.7 Å². The number of fused-ring (bicyclic) bond motifs is 2. The first-order valence-corrected chi connectivity index (χ1v) is 12.8. The molecule has 37 heavy (non-hydrogen) atoms. The number of carbonyl (C=O) groups excluding carboxylic acids is 2. The fraction of sp³-hybridized carbons (Fsp3) is 0.290. The number of methoxy groups -OCH3 is 1. The van der Waals surface area contributed by atoms with E-state index in [-0.39, 0.29) is 17.6 Å². The van der Waals surface area contributed by atoms with Crippen molar-refractivity contribution < 1.29 is 19.1 Å². The van der Waals surface area contributed by atoms with Crippen LogP contribution >= 0.6 is 0 Å². The highest BCUT2D eigenvalue weighted by Crippen LogP contribution is 2.49. The second-order valence-corrected chi connectivity index (χ2v) is 9.32. The monoisotopic (exact) mass is 496 g/mol. The summed E-state index contributed by atoms with van der Waals surface area (Å²) < 4.78 is 11.3. The number of anilines is 2. The third-order valence-corrected chi connectivity index (χ3v) is 7.17. The molecule has 1 N–H and O–H groups in total. The summed E-state index contributed by atoms with van der Waals surface area (Å²) in [5.41, 5.74) is 4.26. The number of Topliss-reactive ketones (excluding diaryl/α,β-unsaturated/α-hetero) is 1. The number of allylic oxidation sites excluding steroid dienone is 1. The van der Waals surface area contributed by atoms with Gasteiger partial charge in [-0.1, -0.05) is 55.5 Å². The third-order valence-electron chi connectivity index (χ3n) is 7.17. The molecule has 0 saturated carbocycles. The molecule has 190 valence electrons. The maximum Gasteiger partial charge on any atom is 0.227 e. The van der Waals surface area contributed by atoms with Gasteiger partial charge in [0.25, 0.3) is 0 Å². The van der Waals surface area contributed by atoms with E-state index in [1.54, 1.807) is 12.0 Å². The van der Waals surface area contributed by atoms with Gasteiger partial charge in [0.15, 0.2) is 0 Å². The highest BCUT2D eigenvalue weighted by atomic mass is 16.5. The van der Waals surface area contributed by atoms with E-state index in [0.29, 0.717) is 25.2 Å². The van der Waals surface area contributed by atoms with Crippen molar-refractivity contribution in [2.24, 2.45) is 5.92 Å². The fourth-order valence-electron chi connectivity index (χ4n) is 5.46. The van der Waals surface area contributed by atoms with Crippen LogP contribution < -0.4 is 19.7 Å². The van der Waals surface area contributed by atoms with Gasteiger partial charge in [-0.25, -0.2) is 0 Å². The Morgan fingerprint density at radius 2 is 1.73 bits per heavy atom. The molecule has 0 aromatic heterocycles. The summed E-state index contributed by atoms with van der Waals surface area (Å²) in [5.74, 6) is 0.868. The van der Waals surface area contributed by atoms with Crippen LogP contribution in [0.4, 0.5) is 11.4 Å². The fourth-order valence-corrected chi connectivity index (χ4v) is 5.46. The van der Waals surface area contributed by atoms with Gasteiger partial charge in [0.05, 0.1) is 37.1 Å². The van der Waals surface area contributed by atoms with E-state index in [1.165, 1.54) is 0 Å². The smallest absolute Gasteiger partial charge is 0.227 e. The second-order valence-electron chi connectivity index (χ2n) is 9.32. The lowest BCUT2D eigenvalue weighted by Crippen LogP contribution is -2.42. The Morgan fingerprint density at radius 3 is 2.46 bits per heavy atom. The van der Waals surface area contributed by atoms with Crippen LogP contribution in [0.15, 0.2) is 84.6 Å². The minimum absolute atomic E-state index is 0.0446. The average Bonchev–Trinajstić information content (AvgIpc) is 3.08. The van der Waals surface area contributed by atoms with E-state index in [0.717, 1.165) is 33.9 Å². The zero-order valence-corrected chi connectivity index (χ0v) is 21.4. The molecule has 1 aliphatic carbocycles. The zero-order valence-electron chi connectivity index (χ0n) is 21.4. The van der Waals surface area contributed by atoms with Gasteiger partial charge in [-0.2, -0.15) is 0 Å². The normalized spacial score (nSPS) is 20.6. The molecule has 0 radical (unpaired) electrons. The Hall–Kier alpha value is -4.06. The molecule has 6 heteroatoms. The van der Waals surface area contributed by atoms with E-state index in [9.17, 15) is 9.59 Å². The number of carbonyl (C=O) groups is 2. The van der Waals surface area contributed by atoms with Gasteiger partial charge >= 0.3 is 0 Å². The molecule has 6 nitrogen and oxygen atoms in total. The summed E-state index contributed by atoms with van der Waals surface area (Å²) in [6.07, 6.45) is 2.82. The number of hydrogen-bond acceptors (Lipinski definition) is 5. The van der Waals surface area contributed by atoms with Crippen molar-refractivity contribution in [2.45, 2.75) is 38.6 Å². The van der Waals surface area contributed by atoms with Gasteiger partial charge in [0.2, 0.25) is 5.91 Å². The van der Waals surface area contributed by atoms with Crippen molar-refractivity contribution in [3.8, 4) is 11.5 Å². The summed E-state index contributed by atoms with van der Waals surface area (Å²) in [6, 6.07) is 22.8. The molecule has 0 fully saturated rings. The summed E-state index contributed by atoms with van der Waals surface area (Å²) in [6.45, 7) is 4.28. The highest BCUT2D eigenvalue weighted by Gasteiger charge is 2.45. The van der Waals surface area contributed by atoms with Crippen molar-refractivity contribution in [1.29, 1.82) is 0 Å².